The van der Waals surface area contributed by atoms with Crippen molar-refractivity contribution in [2.45, 2.75) is 0 Å². The highest BCUT2D eigenvalue weighted by molar-refractivity contribution is 7.13. The predicted octanol–water partition coefficient (Wildman–Crippen LogP) is 4.82. The van der Waals surface area contributed by atoms with Crippen LogP contribution in [-0.4, -0.2) is 28.4 Å². The quantitative estimate of drug-likeness (QED) is 0.455. The Balaban J connectivity index is 1.69. The number of halogens is 1. The normalized spacial score (nSPS) is 10.9. The summed E-state index contributed by atoms with van der Waals surface area (Å²) in [5, 5.41) is 12.0. The number of rotatable bonds is 7. The fraction of sp³-hybridized carbons (Fsp3) is 0.0500. The Morgan fingerprint density at radius 2 is 1.96 bits per heavy atom. The molecule has 0 amide bonds. The van der Waals surface area contributed by atoms with Crippen LogP contribution in [0.1, 0.15) is 16.1 Å². The van der Waals surface area contributed by atoms with Gasteiger partial charge in [0.1, 0.15) is 10.8 Å². The van der Waals surface area contributed by atoms with Gasteiger partial charge in [-0.15, -0.1) is 11.3 Å². The van der Waals surface area contributed by atoms with E-state index in [1.165, 1.54) is 23.5 Å². The molecule has 0 aliphatic heterocycles. The molecule has 0 aliphatic rings. The molecule has 3 rings (SSSR count). The standard InChI is InChI=1S/C20H14ClNO4S/c21-15-6-4-13(5-7-15)20-22-16(12-27-20)8-9-18(23)14-2-1-3-17(10-14)26-11-19(24)25/h1-10,12H,11H2,(H,24,25)/b9-8+. The predicted molar refractivity (Wildman–Crippen MR) is 105 cm³/mol. The molecule has 5 nitrogen and oxygen atoms in total. The molecule has 1 heterocycles. The highest BCUT2D eigenvalue weighted by Gasteiger charge is 2.07. The summed E-state index contributed by atoms with van der Waals surface area (Å²) in [4.78, 5) is 27.4. The molecule has 27 heavy (non-hydrogen) atoms. The maximum absolute atomic E-state index is 12.3. The van der Waals surface area contributed by atoms with E-state index in [1.54, 1.807) is 36.4 Å². The van der Waals surface area contributed by atoms with Gasteiger partial charge in [-0.1, -0.05) is 35.9 Å². The molecular formula is C20H14ClNO4S. The third kappa shape index (κ3) is 5.26. The number of carboxylic acids is 1. The second-order valence-electron chi connectivity index (χ2n) is 5.49. The van der Waals surface area contributed by atoms with Crippen molar-refractivity contribution in [2.24, 2.45) is 0 Å². The van der Waals surface area contributed by atoms with Crippen molar-refractivity contribution < 1.29 is 19.4 Å². The number of benzene rings is 2. The smallest absolute Gasteiger partial charge is 0.341 e. The molecule has 2 aromatic carbocycles. The molecule has 0 aliphatic carbocycles. The lowest BCUT2D eigenvalue weighted by atomic mass is 10.1. The summed E-state index contributed by atoms with van der Waals surface area (Å²) in [5.74, 6) is -0.973. The number of allylic oxidation sites excluding steroid dienone is 1. The van der Waals surface area contributed by atoms with Crippen LogP contribution in [0.4, 0.5) is 0 Å². The molecule has 0 bridgehead atoms. The molecule has 1 aromatic heterocycles. The van der Waals surface area contributed by atoms with Gasteiger partial charge in [0.15, 0.2) is 12.4 Å². The van der Waals surface area contributed by atoms with Crippen molar-refractivity contribution in [1.29, 1.82) is 0 Å². The number of carboxylic acid groups (broad SMARTS) is 1. The first kappa shape index (κ1) is 18.8. The summed E-state index contributed by atoms with van der Waals surface area (Å²) in [5.41, 5.74) is 2.04. The summed E-state index contributed by atoms with van der Waals surface area (Å²) in [6, 6.07) is 13.8. The molecule has 0 saturated carbocycles. The third-order valence-corrected chi connectivity index (χ3v) is 4.66. The maximum Gasteiger partial charge on any atom is 0.341 e. The maximum atomic E-state index is 12.3. The number of carbonyl (C=O) groups is 2. The Morgan fingerprint density at radius 1 is 1.19 bits per heavy atom. The first-order valence-electron chi connectivity index (χ1n) is 7.90. The highest BCUT2D eigenvalue weighted by atomic mass is 35.5. The van der Waals surface area contributed by atoms with E-state index in [1.807, 2.05) is 17.5 Å². The number of aliphatic carboxylic acids is 1. The van der Waals surface area contributed by atoms with Gasteiger partial charge in [0, 0.05) is 21.5 Å². The van der Waals surface area contributed by atoms with Gasteiger partial charge in [0.05, 0.1) is 5.69 Å². The van der Waals surface area contributed by atoms with E-state index in [2.05, 4.69) is 4.98 Å². The summed E-state index contributed by atoms with van der Waals surface area (Å²) >= 11 is 7.37. The number of hydrogen-bond acceptors (Lipinski definition) is 5. The second-order valence-corrected chi connectivity index (χ2v) is 6.79. The number of aromatic nitrogens is 1. The Labute approximate surface area is 164 Å². The molecule has 7 heteroatoms. The highest BCUT2D eigenvalue weighted by Crippen LogP contribution is 2.25. The zero-order valence-electron chi connectivity index (χ0n) is 14.0. The average molecular weight is 400 g/mol. The van der Waals surface area contributed by atoms with Gasteiger partial charge >= 0.3 is 5.97 Å². The largest absolute Gasteiger partial charge is 0.482 e. The fourth-order valence-corrected chi connectivity index (χ4v) is 3.15. The molecule has 0 atom stereocenters. The van der Waals surface area contributed by atoms with Crippen molar-refractivity contribution in [3.05, 3.63) is 76.3 Å². The van der Waals surface area contributed by atoms with E-state index in [-0.39, 0.29) is 5.78 Å². The van der Waals surface area contributed by atoms with E-state index < -0.39 is 12.6 Å². The van der Waals surface area contributed by atoms with Crippen molar-refractivity contribution >= 4 is 40.8 Å². The van der Waals surface area contributed by atoms with Crippen LogP contribution in [0.5, 0.6) is 5.75 Å². The Bertz CT molecular complexity index is 995. The molecular weight excluding hydrogens is 386 g/mol. The number of thiazole rings is 1. The number of ether oxygens (including phenoxy) is 1. The molecule has 0 unspecified atom stereocenters. The van der Waals surface area contributed by atoms with Crippen LogP contribution in [0.15, 0.2) is 60.0 Å². The van der Waals surface area contributed by atoms with Gasteiger partial charge in [-0.3, -0.25) is 4.79 Å². The van der Waals surface area contributed by atoms with Crippen LogP contribution in [0.3, 0.4) is 0 Å². The minimum atomic E-state index is -1.08. The summed E-state index contributed by atoms with van der Waals surface area (Å²) in [6.45, 7) is -0.459. The molecule has 0 spiro atoms. The van der Waals surface area contributed by atoms with Gasteiger partial charge in [-0.2, -0.15) is 0 Å². The molecule has 0 radical (unpaired) electrons. The molecule has 3 aromatic rings. The van der Waals surface area contributed by atoms with Crippen molar-refractivity contribution in [2.75, 3.05) is 6.61 Å². The van der Waals surface area contributed by atoms with E-state index in [0.717, 1.165) is 10.6 Å². The molecule has 0 saturated heterocycles. The van der Waals surface area contributed by atoms with Crippen LogP contribution in [0.2, 0.25) is 5.02 Å². The lowest BCUT2D eigenvalue weighted by Gasteiger charge is -2.04. The second kappa shape index (κ2) is 8.62. The minimum Gasteiger partial charge on any atom is -0.482 e. The molecule has 1 N–H and O–H groups in total. The Kier molecular flexibility index (Phi) is 6.01. The van der Waals surface area contributed by atoms with Gasteiger partial charge in [-0.25, -0.2) is 9.78 Å². The Hall–Kier alpha value is -2.96. The van der Waals surface area contributed by atoms with Crippen LogP contribution in [0.25, 0.3) is 16.6 Å². The fourth-order valence-electron chi connectivity index (χ4n) is 2.23. The van der Waals surface area contributed by atoms with Crippen molar-refractivity contribution in [1.82, 2.24) is 4.98 Å². The number of carbonyl (C=O) groups excluding carboxylic acids is 1. The van der Waals surface area contributed by atoms with Crippen molar-refractivity contribution in [3.8, 4) is 16.3 Å². The van der Waals surface area contributed by atoms with Crippen LogP contribution < -0.4 is 4.74 Å². The lowest BCUT2D eigenvalue weighted by Crippen LogP contribution is -2.09. The Morgan fingerprint density at radius 3 is 2.70 bits per heavy atom. The molecule has 136 valence electrons. The minimum absolute atomic E-state index is 0.225. The van der Waals surface area contributed by atoms with Gasteiger partial charge in [-0.05, 0) is 36.4 Å². The topological polar surface area (TPSA) is 76.5 Å². The summed E-state index contributed by atoms with van der Waals surface area (Å²) in [7, 11) is 0. The van der Waals surface area contributed by atoms with Crippen LogP contribution >= 0.6 is 22.9 Å². The number of nitrogens with zero attached hydrogens (tertiary/aromatic N) is 1. The van der Waals surface area contributed by atoms with Crippen LogP contribution in [-0.2, 0) is 4.79 Å². The number of hydrogen-bond donors (Lipinski definition) is 1. The zero-order valence-corrected chi connectivity index (χ0v) is 15.5. The summed E-state index contributed by atoms with van der Waals surface area (Å²) in [6.07, 6.45) is 3.07. The summed E-state index contributed by atoms with van der Waals surface area (Å²) < 4.78 is 5.09. The third-order valence-electron chi connectivity index (χ3n) is 3.50. The zero-order chi connectivity index (χ0) is 19.2. The monoisotopic (exact) mass is 399 g/mol. The van der Waals surface area contributed by atoms with E-state index >= 15 is 0 Å². The SMILES string of the molecule is O=C(O)COc1cccc(C(=O)/C=C/c2csc(-c3ccc(Cl)cc3)n2)c1. The lowest BCUT2D eigenvalue weighted by molar-refractivity contribution is -0.139. The van der Waals surface area contributed by atoms with E-state index in [0.29, 0.717) is 22.0 Å². The van der Waals surface area contributed by atoms with Crippen LogP contribution in [0, 0.1) is 0 Å². The first-order chi connectivity index (χ1) is 13.0. The number of ketones is 1. The van der Waals surface area contributed by atoms with E-state index in [9.17, 15) is 9.59 Å². The average Bonchev–Trinajstić information content (AvgIpc) is 3.14. The van der Waals surface area contributed by atoms with Gasteiger partial charge in [0.2, 0.25) is 0 Å². The van der Waals surface area contributed by atoms with E-state index in [4.69, 9.17) is 21.4 Å². The van der Waals surface area contributed by atoms with Gasteiger partial charge in [0.25, 0.3) is 0 Å². The van der Waals surface area contributed by atoms with Gasteiger partial charge < -0.3 is 9.84 Å². The molecule has 0 fully saturated rings. The van der Waals surface area contributed by atoms with Crippen molar-refractivity contribution in [3.63, 3.8) is 0 Å². The first-order valence-corrected chi connectivity index (χ1v) is 9.15.